The zero-order chi connectivity index (χ0) is 19.1. The minimum Gasteiger partial charge on any atom is -0.466 e. The summed E-state index contributed by atoms with van der Waals surface area (Å²) in [5, 5.41) is 5.96. The summed E-state index contributed by atoms with van der Waals surface area (Å²) in [6.07, 6.45) is 2.11. The van der Waals surface area contributed by atoms with Crippen LogP contribution in [0.4, 0.5) is 11.4 Å². The molecule has 0 bridgehead atoms. The molecule has 1 aliphatic heterocycles. The molecular formula is C19H25N3O4. The number of carbonyl (C=O) groups is 3. The van der Waals surface area contributed by atoms with E-state index in [0.717, 1.165) is 6.42 Å². The van der Waals surface area contributed by atoms with Gasteiger partial charge in [-0.15, -0.1) is 0 Å². The molecule has 2 rings (SSSR count). The number of amides is 2. The van der Waals surface area contributed by atoms with E-state index >= 15 is 0 Å². The maximum absolute atomic E-state index is 12.7. The Morgan fingerprint density at radius 3 is 2.69 bits per heavy atom. The molecule has 2 N–H and O–H groups in total. The SMILES string of the molecule is CCOC(=O)CC1=CC(=O)N(CC(=O)NC(C)CC)c2ccccc2N1. The molecule has 1 aliphatic rings. The van der Waals surface area contributed by atoms with Gasteiger partial charge in [0.2, 0.25) is 5.91 Å². The lowest BCUT2D eigenvalue weighted by atomic mass is 10.2. The summed E-state index contributed by atoms with van der Waals surface area (Å²) >= 11 is 0. The quantitative estimate of drug-likeness (QED) is 0.729. The number of nitrogens with zero attached hydrogens (tertiary/aromatic N) is 1. The number of ether oxygens (including phenoxy) is 1. The van der Waals surface area contributed by atoms with Crippen LogP contribution in [0.2, 0.25) is 0 Å². The molecule has 0 fully saturated rings. The lowest BCUT2D eigenvalue weighted by molar-refractivity contribution is -0.142. The summed E-state index contributed by atoms with van der Waals surface area (Å²) in [7, 11) is 0. The zero-order valence-electron chi connectivity index (χ0n) is 15.4. The van der Waals surface area contributed by atoms with E-state index in [4.69, 9.17) is 4.74 Å². The van der Waals surface area contributed by atoms with Crippen molar-refractivity contribution in [3.8, 4) is 0 Å². The van der Waals surface area contributed by atoms with E-state index in [1.807, 2.05) is 19.9 Å². The molecule has 7 heteroatoms. The number of esters is 1. The zero-order valence-corrected chi connectivity index (χ0v) is 15.4. The Kier molecular flexibility index (Phi) is 6.77. The monoisotopic (exact) mass is 359 g/mol. The first-order valence-corrected chi connectivity index (χ1v) is 8.77. The van der Waals surface area contributed by atoms with Crippen molar-refractivity contribution in [3.63, 3.8) is 0 Å². The van der Waals surface area contributed by atoms with Crippen LogP contribution >= 0.6 is 0 Å². The lowest BCUT2D eigenvalue weighted by Gasteiger charge is -2.22. The maximum atomic E-state index is 12.7. The van der Waals surface area contributed by atoms with E-state index in [9.17, 15) is 14.4 Å². The van der Waals surface area contributed by atoms with E-state index in [1.165, 1.54) is 11.0 Å². The molecule has 1 atom stereocenters. The Morgan fingerprint density at radius 1 is 1.27 bits per heavy atom. The first-order chi connectivity index (χ1) is 12.4. The summed E-state index contributed by atoms with van der Waals surface area (Å²) in [6.45, 7) is 5.80. The third-order valence-corrected chi connectivity index (χ3v) is 4.02. The van der Waals surface area contributed by atoms with Gasteiger partial charge in [-0.05, 0) is 32.4 Å². The van der Waals surface area contributed by atoms with Gasteiger partial charge >= 0.3 is 5.97 Å². The number of carbonyl (C=O) groups excluding carboxylic acids is 3. The predicted molar refractivity (Wildman–Crippen MR) is 99.6 cm³/mol. The van der Waals surface area contributed by atoms with Gasteiger partial charge in [0.15, 0.2) is 0 Å². The molecule has 0 spiro atoms. The van der Waals surface area contributed by atoms with Gasteiger partial charge in [-0.2, -0.15) is 0 Å². The van der Waals surface area contributed by atoms with Crippen molar-refractivity contribution >= 4 is 29.2 Å². The Balaban J connectivity index is 2.25. The van der Waals surface area contributed by atoms with Crippen LogP contribution in [-0.4, -0.2) is 37.0 Å². The minimum absolute atomic E-state index is 0.0351. The van der Waals surface area contributed by atoms with Gasteiger partial charge in [-0.25, -0.2) is 0 Å². The van der Waals surface area contributed by atoms with E-state index < -0.39 is 5.97 Å². The molecule has 0 aliphatic carbocycles. The summed E-state index contributed by atoms with van der Waals surface area (Å²) in [5.41, 5.74) is 1.68. The summed E-state index contributed by atoms with van der Waals surface area (Å²) in [6, 6.07) is 7.21. The topological polar surface area (TPSA) is 87.7 Å². The number of rotatable bonds is 7. The van der Waals surface area contributed by atoms with Gasteiger partial charge in [-0.1, -0.05) is 19.1 Å². The third-order valence-electron chi connectivity index (χ3n) is 4.02. The molecule has 0 saturated heterocycles. The highest BCUT2D eigenvalue weighted by molar-refractivity contribution is 6.09. The Labute approximate surface area is 153 Å². The Hall–Kier alpha value is -2.83. The van der Waals surface area contributed by atoms with E-state index in [0.29, 0.717) is 17.1 Å². The average molecular weight is 359 g/mol. The summed E-state index contributed by atoms with van der Waals surface area (Å²) < 4.78 is 4.95. The van der Waals surface area contributed by atoms with Crippen LogP contribution in [0.5, 0.6) is 0 Å². The minimum atomic E-state index is -0.417. The molecular weight excluding hydrogens is 334 g/mol. The van der Waals surface area contributed by atoms with Gasteiger partial charge in [0.05, 0.1) is 24.4 Å². The Morgan fingerprint density at radius 2 is 2.00 bits per heavy atom. The van der Waals surface area contributed by atoms with Crippen LogP contribution in [0.15, 0.2) is 36.0 Å². The maximum Gasteiger partial charge on any atom is 0.311 e. The molecule has 2 amide bonds. The molecule has 0 saturated carbocycles. The van der Waals surface area contributed by atoms with Gasteiger partial charge in [0, 0.05) is 17.8 Å². The molecule has 140 valence electrons. The third kappa shape index (κ3) is 5.08. The molecule has 1 heterocycles. The molecule has 1 unspecified atom stereocenters. The van der Waals surface area contributed by atoms with Gasteiger partial charge < -0.3 is 15.4 Å². The van der Waals surface area contributed by atoms with Crippen LogP contribution in [0, 0.1) is 0 Å². The van der Waals surface area contributed by atoms with Gasteiger partial charge in [0.25, 0.3) is 5.91 Å². The van der Waals surface area contributed by atoms with Gasteiger partial charge in [-0.3, -0.25) is 19.3 Å². The number of fused-ring (bicyclic) bond motifs is 1. The molecule has 0 aromatic heterocycles. The number of benzene rings is 1. The number of hydrogen-bond acceptors (Lipinski definition) is 5. The molecule has 1 aromatic rings. The van der Waals surface area contributed by atoms with E-state index in [1.54, 1.807) is 25.1 Å². The van der Waals surface area contributed by atoms with Crippen LogP contribution in [0.25, 0.3) is 0 Å². The fourth-order valence-corrected chi connectivity index (χ4v) is 2.56. The van der Waals surface area contributed by atoms with Crippen LogP contribution in [-0.2, 0) is 19.1 Å². The largest absolute Gasteiger partial charge is 0.466 e. The van der Waals surface area contributed by atoms with Crippen molar-refractivity contribution in [2.75, 3.05) is 23.4 Å². The number of para-hydroxylation sites is 2. The highest BCUT2D eigenvalue weighted by Gasteiger charge is 2.25. The first kappa shape index (κ1) is 19.5. The fraction of sp³-hybridized carbons (Fsp3) is 0.421. The van der Waals surface area contributed by atoms with Crippen molar-refractivity contribution in [2.24, 2.45) is 0 Å². The highest BCUT2D eigenvalue weighted by Crippen LogP contribution is 2.30. The van der Waals surface area contributed by atoms with E-state index in [-0.39, 0.29) is 37.4 Å². The smallest absolute Gasteiger partial charge is 0.311 e. The molecule has 1 aromatic carbocycles. The van der Waals surface area contributed by atoms with Crippen molar-refractivity contribution in [1.82, 2.24) is 5.32 Å². The molecule has 7 nitrogen and oxygen atoms in total. The lowest BCUT2D eigenvalue weighted by Crippen LogP contribution is -2.43. The summed E-state index contributed by atoms with van der Waals surface area (Å²) in [4.78, 5) is 38.1. The number of anilines is 2. The average Bonchev–Trinajstić information content (AvgIpc) is 2.71. The Bertz CT molecular complexity index is 714. The highest BCUT2D eigenvalue weighted by atomic mass is 16.5. The van der Waals surface area contributed by atoms with Crippen molar-refractivity contribution in [2.45, 2.75) is 39.7 Å². The van der Waals surface area contributed by atoms with Crippen LogP contribution in [0.3, 0.4) is 0 Å². The van der Waals surface area contributed by atoms with Crippen LogP contribution < -0.4 is 15.5 Å². The fourth-order valence-electron chi connectivity index (χ4n) is 2.56. The molecule has 26 heavy (non-hydrogen) atoms. The second-order valence-electron chi connectivity index (χ2n) is 6.09. The second kappa shape index (κ2) is 9.03. The molecule has 0 radical (unpaired) electrons. The van der Waals surface area contributed by atoms with Crippen molar-refractivity contribution < 1.29 is 19.1 Å². The first-order valence-electron chi connectivity index (χ1n) is 8.77. The normalized spacial score (nSPS) is 14.5. The number of hydrogen-bond donors (Lipinski definition) is 2. The van der Waals surface area contributed by atoms with Crippen LogP contribution in [0.1, 0.15) is 33.6 Å². The van der Waals surface area contributed by atoms with Crippen molar-refractivity contribution in [1.29, 1.82) is 0 Å². The standard InChI is InChI=1S/C19H25N3O4/c1-4-13(3)20-17(23)12-22-16-9-7-6-8-15(16)21-14(10-18(22)24)11-19(25)26-5-2/h6-10,13,21H,4-5,11-12H2,1-3H3,(H,20,23). The van der Waals surface area contributed by atoms with Crippen molar-refractivity contribution in [3.05, 3.63) is 36.0 Å². The second-order valence-corrected chi connectivity index (χ2v) is 6.09. The number of nitrogens with one attached hydrogen (secondary N) is 2. The predicted octanol–water partition coefficient (Wildman–Crippen LogP) is 2.20. The van der Waals surface area contributed by atoms with Gasteiger partial charge in [0.1, 0.15) is 6.54 Å². The van der Waals surface area contributed by atoms with E-state index in [2.05, 4.69) is 10.6 Å². The summed E-state index contributed by atoms with van der Waals surface area (Å²) in [5.74, 6) is -1.01.